The highest BCUT2D eigenvalue weighted by molar-refractivity contribution is 6.11. The van der Waals surface area contributed by atoms with E-state index in [4.69, 9.17) is 18.9 Å². The van der Waals surface area contributed by atoms with Crippen molar-refractivity contribution in [3.63, 3.8) is 0 Å². The standard InChI is InChI=1S/C39H44N2O10/c1-4-49-38(46)37-27(18-43)31(22-14-23(17-42)33(45)25(15-22)20-5-6-29-21(13-20)7-12-41-29)32-35(48-3)26-16-30(39(2,47)24-8-10-40-11-9-24)50-34(26)28(19-44)36(32)51-37/h5-7,13,18,23-25,30,40,42,44,47H,4,8-12,14-17,19H2,1-3H3. The molecule has 0 radical (unpaired) electrons. The van der Waals surface area contributed by atoms with E-state index in [0.29, 0.717) is 46.6 Å². The summed E-state index contributed by atoms with van der Waals surface area (Å²) < 4.78 is 24.2. The summed E-state index contributed by atoms with van der Waals surface area (Å²) in [5.41, 5.74) is 1.57. The minimum Gasteiger partial charge on any atom is -0.496 e. The van der Waals surface area contributed by atoms with Crippen molar-refractivity contribution in [1.82, 2.24) is 5.32 Å². The molecule has 1 saturated heterocycles. The van der Waals surface area contributed by atoms with Crippen molar-refractivity contribution in [3.8, 4) is 17.2 Å². The number of Topliss-reactive ketones (excluding diaryl/α,β-unsaturated/α-hetero) is 1. The number of carbonyl (C=O) groups excluding carboxylic acids is 3. The first-order valence-electron chi connectivity index (χ1n) is 17.7. The number of nitrogens with zero attached hydrogens (tertiary/aromatic N) is 1. The Bertz CT molecular complexity index is 1970. The van der Waals surface area contributed by atoms with Gasteiger partial charge in [0.2, 0.25) is 5.76 Å². The van der Waals surface area contributed by atoms with Gasteiger partial charge in [0.05, 0.1) is 55.5 Å². The van der Waals surface area contributed by atoms with E-state index in [1.165, 1.54) is 7.11 Å². The molecule has 1 saturated carbocycles. The predicted octanol–water partition coefficient (Wildman–Crippen LogP) is 1.57. The van der Waals surface area contributed by atoms with Crippen molar-refractivity contribution in [2.75, 3.05) is 40.0 Å². The first-order chi connectivity index (χ1) is 24.7. The number of nitrogens with one attached hydrogen (secondary N) is 1. The molecule has 7 rings (SSSR count). The highest BCUT2D eigenvalue weighted by atomic mass is 16.6. The number of carbonyl (C=O) groups is 3. The van der Waals surface area contributed by atoms with Crippen LogP contribution in [-0.2, 0) is 32.1 Å². The fourth-order valence-corrected chi connectivity index (χ4v) is 8.52. The van der Waals surface area contributed by atoms with E-state index >= 15 is 0 Å². The lowest BCUT2D eigenvalue weighted by Gasteiger charge is -2.39. The molecule has 0 bridgehead atoms. The highest BCUT2D eigenvalue weighted by Gasteiger charge is 2.49. The van der Waals surface area contributed by atoms with Crippen LogP contribution in [0.3, 0.4) is 0 Å². The lowest BCUT2D eigenvalue weighted by molar-refractivity contribution is -0.141. The topological polar surface area (TPSA) is 173 Å². The summed E-state index contributed by atoms with van der Waals surface area (Å²) in [5, 5.41) is 38.4. The van der Waals surface area contributed by atoms with Gasteiger partial charge in [-0.1, -0.05) is 17.7 Å². The Labute approximate surface area is 295 Å². The van der Waals surface area contributed by atoms with Crippen molar-refractivity contribution in [3.05, 3.63) is 67.9 Å². The van der Waals surface area contributed by atoms with Gasteiger partial charge in [-0.05, 0) is 81.5 Å². The Morgan fingerprint density at radius 2 is 1.94 bits per heavy atom. The van der Waals surface area contributed by atoms with Gasteiger partial charge in [-0.15, -0.1) is 0 Å². The molecule has 5 aliphatic rings. The lowest BCUT2D eigenvalue weighted by atomic mass is 9.71. The predicted molar refractivity (Wildman–Crippen MR) is 185 cm³/mol. The molecule has 2 fully saturated rings. The SMILES string of the molecule is CCOC(=O)C1=C(C=O)C(=C2CC(CO)C(=O)C(c3ccc4c(c3)=CCN=4)C2)c2c(OC)c3c(c(CO)c2O1)OC(C(C)(O)C1CCNCC1)C3. The summed E-state index contributed by atoms with van der Waals surface area (Å²) in [6, 6.07) is 5.69. The first-order valence-corrected chi connectivity index (χ1v) is 17.7. The monoisotopic (exact) mass is 700 g/mol. The molecule has 0 spiro atoms. The zero-order valence-corrected chi connectivity index (χ0v) is 29.1. The van der Waals surface area contributed by atoms with Crippen LogP contribution in [0.2, 0.25) is 0 Å². The maximum atomic E-state index is 13.9. The Morgan fingerprint density at radius 3 is 2.63 bits per heavy atom. The number of aliphatic hydroxyl groups excluding tert-OH is 2. The highest BCUT2D eigenvalue weighted by Crippen LogP contribution is 2.57. The molecule has 4 N–H and O–H groups in total. The Morgan fingerprint density at radius 1 is 1.16 bits per heavy atom. The molecule has 2 aromatic rings. The second kappa shape index (κ2) is 14.0. The number of piperidine rings is 1. The second-order valence-corrected chi connectivity index (χ2v) is 14.0. The summed E-state index contributed by atoms with van der Waals surface area (Å²) in [4.78, 5) is 44.9. The van der Waals surface area contributed by atoms with E-state index in [-0.39, 0.29) is 60.2 Å². The molecule has 4 unspecified atom stereocenters. The fraction of sp³-hybridized carbons (Fsp3) is 0.487. The van der Waals surface area contributed by atoms with Crippen molar-refractivity contribution in [2.45, 2.75) is 70.2 Å². The van der Waals surface area contributed by atoms with Crippen molar-refractivity contribution >= 4 is 29.7 Å². The number of esters is 1. The van der Waals surface area contributed by atoms with Gasteiger partial charge in [0, 0.05) is 29.4 Å². The molecule has 12 heteroatoms. The van der Waals surface area contributed by atoms with E-state index in [9.17, 15) is 29.7 Å². The van der Waals surface area contributed by atoms with Crippen molar-refractivity contribution in [2.24, 2.45) is 16.8 Å². The normalized spacial score (nSPS) is 25.4. The van der Waals surface area contributed by atoms with Crippen LogP contribution in [0.25, 0.3) is 11.6 Å². The van der Waals surface area contributed by atoms with E-state index in [2.05, 4.69) is 10.3 Å². The zero-order chi connectivity index (χ0) is 36.0. The van der Waals surface area contributed by atoms with E-state index in [1.54, 1.807) is 13.8 Å². The van der Waals surface area contributed by atoms with Crippen LogP contribution in [-0.4, -0.2) is 85.0 Å². The van der Waals surface area contributed by atoms with Crippen LogP contribution in [0.1, 0.15) is 67.7 Å². The van der Waals surface area contributed by atoms with Crippen LogP contribution in [0.4, 0.5) is 0 Å². The number of allylic oxidation sites excluding steroid dienone is 3. The minimum atomic E-state index is -1.23. The second-order valence-electron chi connectivity index (χ2n) is 14.0. The number of fused-ring (bicyclic) bond motifs is 3. The molecule has 1 aliphatic carbocycles. The Kier molecular flexibility index (Phi) is 9.61. The van der Waals surface area contributed by atoms with Gasteiger partial charge in [-0.3, -0.25) is 14.6 Å². The molecular weight excluding hydrogens is 656 g/mol. The van der Waals surface area contributed by atoms with Crippen molar-refractivity contribution < 1.29 is 48.7 Å². The molecule has 4 atom stereocenters. The van der Waals surface area contributed by atoms with E-state index in [1.807, 2.05) is 24.3 Å². The quantitative estimate of drug-likeness (QED) is 0.221. The number of aliphatic hydroxyl groups is 3. The Balaban J connectivity index is 1.44. The molecule has 12 nitrogen and oxygen atoms in total. The van der Waals surface area contributed by atoms with Gasteiger partial charge in [0.25, 0.3) is 0 Å². The molecular formula is C39H44N2O10. The summed E-state index contributed by atoms with van der Waals surface area (Å²) in [5.74, 6) is -2.18. The third-order valence-electron chi connectivity index (χ3n) is 11.2. The van der Waals surface area contributed by atoms with Gasteiger partial charge in [-0.25, -0.2) is 4.79 Å². The average Bonchev–Trinajstić information content (AvgIpc) is 3.81. The van der Waals surface area contributed by atoms with Gasteiger partial charge in [-0.2, -0.15) is 0 Å². The van der Waals surface area contributed by atoms with Crippen LogP contribution < -0.4 is 30.1 Å². The number of ether oxygens (including phenoxy) is 4. The number of rotatable bonds is 9. The molecule has 51 heavy (non-hydrogen) atoms. The van der Waals surface area contributed by atoms with Crippen molar-refractivity contribution in [1.29, 1.82) is 0 Å². The molecule has 4 aliphatic heterocycles. The molecule has 0 amide bonds. The lowest BCUT2D eigenvalue weighted by Crippen LogP contribution is -2.51. The number of hydrogen-bond acceptors (Lipinski definition) is 12. The van der Waals surface area contributed by atoms with Gasteiger partial charge in [0.15, 0.2) is 6.29 Å². The first kappa shape index (κ1) is 35.1. The molecule has 0 aromatic heterocycles. The molecule has 270 valence electrons. The van der Waals surface area contributed by atoms with Crippen LogP contribution in [0.5, 0.6) is 17.2 Å². The fourth-order valence-electron chi connectivity index (χ4n) is 8.52. The van der Waals surface area contributed by atoms with E-state index in [0.717, 1.165) is 42.1 Å². The zero-order valence-electron chi connectivity index (χ0n) is 29.1. The summed E-state index contributed by atoms with van der Waals surface area (Å²) in [6.45, 7) is 4.56. The molecule has 4 heterocycles. The molecule has 2 aromatic carbocycles. The number of aldehydes is 1. The third-order valence-corrected chi connectivity index (χ3v) is 11.2. The maximum Gasteiger partial charge on any atom is 0.375 e. The summed E-state index contributed by atoms with van der Waals surface area (Å²) in [6.07, 6.45) is 3.92. The van der Waals surface area contributed by atoms with Gasteiger partial charge < -0.3 is 39.6 Å². The number of ketones is 1. The number of methoxy groups -OCH3 is 1. The van der Waals surface area contributed by atoms with E-state index < -0.39 is 42.7 Å². The summed E-state index contributed by atoms with van der Waals surface area (Å²) >= 11 is 0. The maximum absolute atomic E-state index is 13.9. The average molecular weight is 701 g/mol. The smallest absolute Gasteiger partial charge is 0.375 e. The largest absolute Gasteiger partial charge is 0.496 e. The van der Waals surface area contributed by atoms with Crippen LogP contribution in [0, 0.1) is 11.8 Å². The van der Waals surface area contributed by atoms with Crippen LogP contribution >= 0.6 is 0 Å². The third kappa shape index (κ3) is 5.87. The number of hydrogen-bond donors (Lipinski definition) is 4. The van der Waals surface area contributed by atoms with Gasteiger partial charge >= 0.3 is 5.97 Å². The Hall–Kier alpha value is -4.36. The minimum absolute atomic E-state index is 0.0122. The summed E-state index contributed by atoms with van der Waals surface area (Å²) in [7, 11) is 1.48. The van der Waals surface area contributed by atoms with Gasteiger partial charge in [0.1, 0.15) is 34.7 Å². The van der Waals surface area contributed by atoms with Crippen LogP contribution in [0.15, 0.2) is 40.1 Å². The number of benzene rings is 2.